The van der Waals surface area contributed by atoms with Gasteiger partial charge in [-0.05, 0) is 41.7 Å². The first-order valence-corrected chi connectivity index (χ1v) is 11.0. The van der Waals surface area contributed by atoms with Crippen LogP contribution in [-0.4, -0.2) is 26.5 Å². The minimum absolute atomic E-state index is 0.0737. The normalized spacial score (nSPS) is 17.1. The Balaban J connectivity index is 1.58. The van der Waals surface area contributed by atoms with Gasteiger partial charge in [-0.15, -0.1) is 11.3 Å². The van der Waals surface area contributed by atoms with Crippen LogP contribution in [0, 0.1) is 0 Å². The lowest BCUT2D eigenvalue weighted by molar-refractivity contribution is 0.201. The van der Waals surface area contributed by atoms with Crippen molar-refractivity contribution in [1.82, 2.24) is 14.9 Å². The number of aromatic hydroxyl groups is 1. The van der Waals surface area contributed by atoms with E-state index in [1.807, 2.05) is 12.1 Å². The van der Waals surface area contributed by atoms with Crippen LogP contribution in [0.5, 0.6) is 5.75 Å². The first-order valence-electron chi connectivity index (χ1n) is 10.2. The Hall–Kier alpha value is -2.63. The molecule has 0 spiro atoms. The highest BCUT2D eigenvalue weighted by molar-refractivity contribution is 7.09. The molecule has 2 aromatic heterocycles. The minimum atomic E-state index is 0.0737. The van der Waals surface area contributed by atoms with Crippen molar-refractivity contribution in [2.45, 2.75) is 38.8 Å². The van der Waals surface area contributed by atoms with Crippen molar-refractivity contribution in [1.29, 1.82) is 0 Å². The molecule has 0 amide bonds. The number of H-pyrrole nitrogens is 1. The van der Waals surface area contributed by atoms with Crippen molar-refractivity contribution >= 4 is 22.2 Å². The molecule has 1 aliphatic heterocycles. The van der Waals surface area contributed by atoms with Crippen LogP contribution < -0.4 is 0 Å². The molecule has 2 N–H and O–H groups in total. The number of fused-ring (bicyclic) bond motifs is 3. The van der Waals surface area contributed by atoms with Gasteiger partial charge < -0.3 is 10.1 Å². The summed E-state index contributed by atoms with van der Waals surface area (Å²) in [6, 6.07) is 16.3. The molecule has 0 saturated heterocycles. The minimum Gasteiger partial charge on any atom is -0.508 e. The van der Waals surface area contributed by atoms with E-state index in [2.05, 4.69) is 59.4 Å². The van der Waals surface area contributed by atoms with Crippen molar-refractivity contribution in [3.8, 4) is 5.75 Å². The molecule has 0 unspecified atom stereocenters. The summed E-state index contributed by atoms with van der Waals surface area (Å²) in [5.41, 5.74) is 6.09. The van der Waals surface area contributed by atoms with Crippen LogP contribution >= 0.6 is 11.3 Å². The number of nitrogens with zero attached hydrogens (tertiary/aromatic N) is 2. The van der Waals surface area contributed by atoms with Crippen LogP contribution in [0.25, 0.3) is 10.9 Å². The molecule has 1 atom stereocenters. The van der Waals surface area contributed by atoms with Gasteiger partial charge in [0.2, 0.25) is 0 Å². The zero-order chi connectivity index (χ0) is 20.0. The summed E-state index contributed by atoms with van der Waals surface area (Å²) >= 11 is 1.75. The molecule has 4 aromatic rings. The number of phenolic OH excluding ortho intramolecular Hbond substituents is 1. The Morgan fingerprint density at radius 1 is 1.21 bits per heavy atom. The van der Waals surface area contributed by atoms with Gasteiger partial charge in [0, 0.05) is 28.5 Å². The lowest BCUT2D eigenvalue weighted by atomic mass is 9.92. The molecule has 4 nitrogen and oxygen atoms in total. The fourth-order valence-electron chi connectivity index (χ4n) is 4.37. The number of thiazole rings is 1. The van der Waals surface area contributed by atoms with Crippen molar-refractivity contribution in [3.63, 3.8) is 0 Å². The van der Waals surface area contributed by atoms with Gasteiger partial charge in [0.15, 0.2) is 0 Å². The standard InChI is InChI=1S/C24H25N3OS/c1-15(2)21-14-29-22(25-21)13-27-11-10-19-18-8-3-4-9-20(18)26-23(19)24(27)16-6-5-7-17(28)12-16/h3-9,12,14-15,24,26,28H,10-11,13H2,1-2H3/t24-/m1/s1. The molecule has 5 rings (SSSR count). The van der Waals surface area contributed by atoms with Crippen molar-refractivity contribution in [2.24, 2.45) is 0 Å². The highest BCUT2D eigenvalue weighted by Gasteiger charge is 2.32. The number of hydrogen-bond acceptors (Lipinski definition) is 4. The molecule has 5 heteroatoms. The maximum atomic E-state index is 10.1. The van der Waals surface area contributed by atoms with Gasteiger partial charge in [0.25, 0.3) is 0 Å². The number of phenols is 1. The lowest BCUT2D eigenvalue weighted by Crippen LogP contribution is -2.35. The lowest BCUT2D eigenvalue weighted by Gasteiger charge is -2.35. The maximum absolute atomic E-state index is 10.1. The third kappa shape index (κ3) is 3.34. The quantitative estimate of drug-likeness (QED) is 0.466. The number of para-hydroxylation sites is 1. The van der Waals surface area contributed by atoms with E-state index in [9.17, 15) is 5.11 Å². The number of hydrogen-bond donors (Lipinski definition) is 2. The fourth-order valence-corrected chi connectivity index (χ4v) is 5.35. The van der Waals surface area contributed by atoms with Gasteiger partial charge in [-0.25, -0.2) is 4.98 Å². The first-order chi connectivity index (χ1) is 14.1. The Kier molecular flexibility index (Phi) is 4.64. The monoisotopic (exact) mass is 403 g/mol. The molecule has 0 radical (unpaired) electrons. The van der Waals surface area contributed by atoms with E-state index in [-0.39, 0.29) is 6.04 Å². The second-order valence-corrected chi connectivity index (χ2v) is 9.04. The van der Waals surface area contributed by atoms with Crippen LogP contribution in [0.1, 0.15) is 53.3 Å². The van der Waals surface area contributed by atoms with E-state index in [1.165, 1.54) is 27.9 Å². The van der Waals surface area contributed by atoms with Crippen LogP contribution in [0.2, 0.25) is 0 Å². The Morgan fingerprint density at radius 3 is 2.86 bits per heavy atom. The Labute approximate surface area is 174 Å². The molecule has 3 heterocycles. The molecular weight excluding hydrogens is 378 g/mol. The Bertz CT molecular complexity index is 1160. The van der Waals surface area contributed by atoms with E-state index in [4.69, 9.17) is 4.98 Å². The van der Waals surface area contributed by atoms with Crippen LogP contribution in [0.15, 0.2) is 53.9 Å². The first kappa shape index (κ1) is 18.4. The molecule has 2 aromatic carbocycles. The van der Waals surface area contributed by atoms with Crippen LogP contribution in [-0.2, 0) is 13.0 Å². The van der Waals surface area contributed by atoms with E-state index in [0.717, 1.165) is 30.1 Å². The number of aromatic amines is 1. The maximum Gasteiger partial charge on any atom is 0.115 e. The highest BCUT2D eigenvalue weighted by atomic mass is 32.1. The Morgan fingerprint density at radius 2 is 2.07 bits per heavy atom. The number of benzene rings is 2. The topological polar surface area (TPSA) is 52.2 Å². The number of rotatable bonds is 4. The molecule has 0 bridgehead atoms. The highest BCUT2D eigenvalue weighted by Crippen LogP contribution is 2.40. The molecule has 148 valence electrons. The van der Waals surface area contributed by atoms with Crippen molar-refractivity contribution < 1.29 is 5.11 Å². The molecule has 0 fully saturated rings. The third-order valence-electron chi connectivity index (χ3n) is 5.82. The summed E-state index contributed by atoms with van der Waals surface area (Å²) in [5, 5.41) is 14.8. The van der Waals surface area contributed by atoms with Gasteiger partial charge in [-0.1, -0.05) is 44.2 Å². The van der Waals surface area contributed by atoms with Gasteiger partial charge in [0.05, 0.1) is 18.3 Å². The zero-order valence-electron chi connectivity index (χ0n) is 16.7. The predicted molar refractivity (Wildman–Crippen MR) is 119 cm³/mol. The molecule has 1 aliphatic rings. The van der Waals surface area contributed by atoms with E-state index in [0.29, 0.717) is 11.7 Å². The molecule has 29 heavy (non-hydrogen) atoms. The second kappa shape index (κ2) is 7.32. The summed E-state index contributed by atoms with van der Waals surface area (Å²) in [5.74, 6) is 0.755. The van der Waals surface area contributed by atoms with Crippen LogP contribution in [0.4, 0.5) is 0 Å². The van der Waals surface area contributed by atoms with Crippen molar-refractivity contribution in [2.75, 3.05) is 6.54 Å². The summed E-state index contributed by atoms with van der Waals surface area (Å²) < 4.78 is 0. The van der Waals surface area contributed by atoms with Gasteiger partial charge >= 0.3 is 0 Å². The molecule has 0 saturated carbocycles. The average Bonchev–Trinajstić information content (AvgIpc) is 3.32. The molecular formula is C24H25N3OS. The SMILES string of the molecule is CC(C)c1csc(CN2CCc3c([nH]c4ccccc34)[C@H]2c2cccc(O)c2)n1. The third-order valence-corrected chi connectivity index (χ3v) is 6.67. The summed E-state index contributed by atoms with van der Waals surface area (Å²) in [6.07, 6.45) is 1.01. The van der Waals surface area contributed by atoms with Crippen molar-refractivity contribution in [3.05, 3.63) is 81.4 Å². The van der Waals surface area contributed by atoms with E-state index < -0.39 is 0 Å². The average molecular weight is 404 g/mol. The number of aromatic nitrogens is 2. The largest absolute Gasteiger partial charge is 0.508 e. The van der Waals surface area contributed by atoms with Crippen LogP contribution in [0.3, 0.4) is 0 Å². The number of nitrogens with one attached hydrogen (secondary N) is 1. The summed E-state index contributed by atoms with van der Waals surface area (Å²) in [6.45, 7) is 6.15. The zero-order valence-corrected chi connectivity index (χ0v) is 17.5. The summed E-state index contributed by atoms with van der Waals surface area (Å²) in [4.78, 5) is 11.0. The van der Waals surface area contributed by atoms with E-state index in [1.54, 1.807) is 17.4 Å². The molecule has 0 aliphatic carbocycles. The second-order valence-electron chi connectivity index (χ2n) is 8.10. The van der Waals surface area contributed by atoms with E-state index >= 15 is 0 Å². The van der Waals surface area contributed by atoms with Gasteiger partial charge in [-0.2, -0.15) is 0 Å². The summed E-state index contributed by atoms with van der Waals surface area (Å²) in [7, 11) is 0. The predicted octanol–water partition coefficient (Wildman–Crippen LogP) is 5.60. The smallest absolute Gasteiger partial charge is 0.115 e. The van der Waals surface area contributed by atoms with Gasteiger partial charge in [0.1, 0.15) is 10.8 Å². The van der Waals surface area contributed by atoms with Gasteiger partial charge in [-0.3, -0.25) is 4.90 Å². The fraction of sp³-hybridized carbons (Fsp3) is 0.292.